The maximum absolute atomic E-state index is 11.3. The van der Waals surface area contributed by atoms with Crippen molar-refractivity contribution < 1.29 is 10.0 Å². The molecule has 1 unspecified atom stereocenters. The monoisotopic (exact) mass is 291 g/mol. The van der Waals surface area contributed by atoms with E-state index in [2.05, 4.69) is 0 Å². The van der Waals surface area contributed by atoms with Crippen molar-refractivity contribution in [3.8, 4) is 0 Å². The molecule has 0 aliphatic carbocycles. The van der Waals surface area contributed by atoms with E-state index in [4.69, 9.17) is 0 Å². The average Bonchev–Trinajstić information content (AvgIpc) is 2.51. The number of non-ortho nitro benzene ring substituents is 1. The Morgan fingerprint density at radius 3 is 2.09 bits per heavy atom. The minimum Gasteiger partial charge on any atom is -0.389 e. The lowest BCUT2D eigenvalue weighted by molar-refractivity contribution is -0.383. The second-order valence-corrected chi connectivity index (χ2v) is 5.60. The van der Waals surface area contributed by atoms with Crippen LogP contribution in [0.1, 0.15) is 18.6 Å². The Morgan fingerprint density at radius 2 is 1.45 bits per heavy atom. The average molecular weight is 291 g/mol. The minimum absolute atomic E-state index is 0.115. The molecule has 0 bridgehead atoms. The van der Waals surface area contributed by atoms with E-state index in [9.17, 15) is 15.2 Å². The molecule has 0 aromatic heterocycles. The summed E-state index contributed by atoms with van der Waals surface area (Å²) in [6, 6.07) is 14.9. The van der Waals surface area contributed by atoms with E-state index in [1.54, 1.807) is 25.1 Å². The SMILES string of the molecule is CC(O)c1ccc2ccc3ccc([N+](=O)[O-])c4ccc1c2c34. The lowest BCUT2D eigenvalue weighted by atomic mass is 9.90. The minimum atomic E-state index is -0.584. The van der Waals surface area contributed by atoms with Crippen LogP contribution in [0.25, 0.3) is 32.3 Å². The zero-order chi connectivity index (χ0) is 15.4. The van der Waals surface area contributed by atoms with E-state index >= 15 is 0 Å². The van der Waals surface area contributed by atoms with Crippen LogP contribution in [0.3, 0.4) is 0 Å². The van der Waals surface area contributed by atoms with Gasteiger partial charge in [-0.25, -0.2) is 0 Å². The Morgan fingerprint density at radius 1 is 0.909 bits per heavy atom. The van der Waals surface area contributed by atoms with E-state index in [-0.39, 0.29) is 10.6 Å². The molecule has 4 aromatic carbocycles. The third-order valence-electron chi connectivity index (χ3n) is 4.32. The number of benzene rings is 4. The van der Waals surface area contributed by atoms with Crippen LogP contribution in [-0.2, 0) is 0 Å². The maximum atomic E-state index is 11.3. The van der Waals surface area contributed by atoms with Gasteiger partial charge in [0.1, 0.15) is 0 Å². The number of nitro groups is 1. The number of hydrogen-bond acceptors (Lipinski definition) is 3. The van der Waals surface area contributed by atoms with Gasteiger partial charge < -0.3 is 5.11 Å². The van der Waals surface area contributed by atoms with Gasteiger partial charge in [-0.05, 0) is 46.2 Å². The van der Waals surface area contributed by atoms with Crippen LogP contribution in [0.2, 0.25) is 0 Å². The third-order valence-corrected chi connectivity index (χ3v) is 4.32. The summed E-state index contributed by atoms with van der Waals surface area (Å²) in [5, 5.41) is 26.7. The van der Waals surface area contributed by atoms with E-state index < -0.39 is 6.10 Å². The molecular formula is C18H13NO3. The molecule has 0 amide bonds. The predicted octanol–water partition coefficient (Wildman–Crippen LogP) is 4.55. The second kappa shape index (κ2) is 4.39. The molecule has 1 atom stereocenters. The standard InChI is InChI=1S/C18H13NO3/c1-10(20)13-6-4-11-2-3-12-5-9-16(19(21)22)15-8-7-14(13)17(11)18(12)15/h2-10,20H,1H3. The Labute approximate surface area is 126 Å². The molecular weight excluding hydrogens is 278 g/mol. The molecule has 22 heavy (non-hydrogen) atoms. The van der Waals surface area contributed by atoms with Crippen LogP contribution in [-0.4, -0.2) is 10.0 Å². The Bertz CT molecular complexity index is 1040. The van der Waals surface area contributed by atoms with E-state index in [0.717, 1.165) is 32.5 Å². The first-order chi connectivity index (χ1) is 10.6. The number of hydrogen-bond donors (Lipinski definition) is 1. The van der Waals surface area contributed by atoms with Gasteiger partial charge in [-0.2, -0.15) is 0 Å². The van der Waals surface area contributed by atoms with Crippen LogP contribution >= 0.6 is 0 Å². The molecule has 4 rings (SSSR count). The summed E-state index contributed by atoms with van der Waals surface area (Å²) in [7, 11) is 0. The Balaban J connectivity index is 2.30. The molecule has 0 heterocycles. The summed E-state index contributed by atoms with van der Waals surface area (Å²) in [5.41, 5.74) is 0.956. The molecule has 0 aliphatic rings. The van der Waals surface area contributed by atoms with Gasteiger partial charge in [0.15, 0.2) is 0 Å². The summed E-state index contributed by atoms with van der Waals surface area (Å²) in [5.74, 6) is 0. The highest BCUT2D eigenvalue weighted by Gasteiger charge is 2.18. The molecule has 108 valence electrons. The van der Waals surface area contributed by atoms with Gasteiger partial charge >= 0.3 is 0 Å². The fourth-order valence-electron chi connectivity index (χ4n) is 3.33. The zero-order valence-electron chi connectivity index (χ0n) is 11.9. The van der Waals surface area contributed by atoms with Gasteiger partial charge in [-0.3, -0.25) is 10.1 Å². The summed E-state index contributed by atoms with van der Waals surface area (Å²) >= 11 is 0. The fourth-order valence-corrected chi connectivity index (χ4v) is 3.33. The summed E-state index contributed by atoms with van der Waals surface area (Å²) in [4.78, 5) is 10.9. The summed E-state index contributed by atoms with van der Waals surface area (Å²) in [6.07, 6.45) is -0.584. The van der Waals surface area contributed by atoms with E-state index in [0.29, 0.717) is 5.39 Å². The van der Waals surface area contributed by atoms with E-state index in [1.165, 1.54) is 0 Å². The number of nitro benzene ring substituents is 1. The molecule has 0 aliphatic heterocycles. The van der Waals surface area contributed by atoms with Crippen molar-refractivity contribution in [2.45, 2.75) is 13.0 Å². The third kappa shape index (κ3) is 1.61. The number of nitrogens with zero attached hydrogens (tertiary/aromatic N) is 1. The van der Waals surface area contributed by atoms with Gasteiger partial charge in [-0.15, -0.1) is 0 Å². The normalized spacial score (nSPS) is 13.2. The van der Waals surface area contributed by atoms with E-state index in [1.807, 2.05) is 30.3 Å². The molecule has 4 aromatic rings. The van der Waals surface area contributed by atoms with Gasteiger partial charge in [0.05, 0.1) is 16.4 Å². The van der Waals surface area contributed by atoms with Gasteiger partial charge in [0.25, 0.3) is 5.69 Å². The molecule has 1 N–H and O–H groups in total. The highest BCUT2D eigenvalue weighted by molar-refractivity contribution is 6.25. The first kappa shape index (κ1) is 13.0. The summed E-state index contributed by atoms with van der Waals surface area (Å²) < 4.78 is 0. The van der Waals surface area contributed by atoms with Crippen LogP contribution in [0.5, 0.6) is 0 Å². The highest BCUT2D eigenvalue weighted by atomic mass is 16.6. The molecule has 0 saturated heterocycles. The van der Waals surface area contributed by atoms with Crippen LogP contribution < -0.4 is 0 Å². The molecule has 0 fully saturated rings. The molecule has 4 nitrogen and oxygen atoms in total. The fraction of sp³-hybridized carbons (Fsp3) is 0.111. The quantitative estimate of drug-likeness (QED) is 0.335. The first-order valence-corrected chi connectivity index (χ1v) is 7.11. The van der Waals surface area contributed by atoms with Crippen molar-refractivity contribution in [3.63, 3.8) is 0 Å². The highest BCUT2D eigenvalue weighted by Crippen LogP contribution is 2.40. The van der Waals surface area contributed by atoms with Crippen molar-refractivity contribution in [1.82, 2.24) is 0 Å². The first-order valence-electron chi connectivity index (χ1n) is 7.11. The second-order valence-electron chi connectivity index (χ2n) is 5.60. The van der Waals surface area contributed by atoms with Crippen molar-refractivity contribution >= 4 is 38.0 Å². The molecule has 0 radical (unpaired) electrons. The molecule has 0 saturated carbocycles. The maximum Gasteiger partial charge on any atom is 0.277 e. The number of aliphatic hydroxyl groups is 1. The predicted molar refractivity (Wildman–Crippen MR) is 87.4 cm³/mol. The number of aliphatic hydroxyl groups excluding tert-OH is 1. The lowest BCUT2D eigenvalue weighted by Crippen LogP contribution is -1.96. The van der Waals surface area contributed by atoms with Gasteiger partial charge in [0.2, 0.25) is 0 Å². The Hall–Kier alpha value is -2.72. The van der Waals surface area contributed by atoms with Crippen LogP contribution in [0.4, 0.5) is 5.69 Å². The Kier molecular flexibility index (Phi) is 2.59. The molecule has 4 heteroatoms. The summed E-state index contributed by atoms with van der Waals surface area (Å²) in [6.45, 7) is 1.73. The van der Waals surface area contributed by atoms with Crippen LogP contribution in [0.15, 0.2) is 48.5 Å². The number of rotatable bonds is 2. The van der Waals surface area contributed by atoms with Crippen LogP contribution in [0, 0.1) is 10.1 Å². The van der Waals surface area contributed by atoms with Gasteiger partial charge in [-0.1, -0.05) is 30.3 Å². The largest absolute Gasteiger partial charge is 0.389 e. The zero-order valence-corrected chi connectivity index (χ0v) is 11.9. The van der Waals surface area contributed by atoms with Crippen molar-refractivity contribution in [3.05, 3.63) is 64.2 Å². The van der Waals surface area contributed by atoms with Crippen molar-refractivity contribution in [2.75, 3.05) is 0 Å². The van der Waals surface area contributed by atoms with Crippen molar-refractivity contribution in [2.24, 2.45) is 0 Å². The van der Waals surface area contributed by atoms with Gasteiger partial charge in [0, 0.05) is 11.5 Å². The topological polar surface area (TPSA) is 63.4 Å². The smallest absolute Gasteiger partial charge is 0.277 e. The van der Waals surface area contributed by atoms with Crippen molar-refractivity contribution in [1.29, 1.82) is 0 Å². The molecule has 0 spiro atoms. The lowest BCUT2D eigenvalue weighted by Gasteiger charge is -2.15.